The maximum atomic E-state index is 6.07. The Morgan fingerprint density at radius 1 is 1.12 bits per heavy atom. The van der Waals surface area contributed by atoms with Crippen LogP contribution in [-0.2, 0) is 0 Å². The van der Waals surface area contributed by atoms with E-state index in [-0.39, 0.29) is 0 Å². The molecule has 1 nitrogen and oxygen atoms in total. The van der Waals surface area contributed by atoms with E-state index in [0.717, 1.165) is 17.7 Å². The van der Waals surface area contributed by atoms with Gasteiger partial charge in [-0.05, 0) is 37.0 Å². The largest absolute Gasteiger partial charge is 0.329 e. The quantitative estimate of drug-likeness (QED) is 0.817. The zero-order chi connectivity index (χ0) is 12.5. The van der Waals surface area contributed by atoms with Gasteiger partial charge in [0, 0.05) is 16.5 Å². The summed E-state index contributed by atoms with van der Waals surface area (Å²) in [4.78, 5) is 0. The van der Waals surface area contributed by atoms with Gasteiger partial charge in [0.25, 0.3) is 0 Å². The summed E-state index contributed by atoms with van der Waals surface area (Å²) in [6.45, 7) is 8.02. The second kappa shape index (κ2) is 5.13. The molecule has 0 amide bonds. The number of hydrogen-bond donors (Lipinski definition) is 1. The zero-order valence-electron chi connectivity index (χ0n) is 11.8. The van der Waals surface area contributed by atoms with E-state index < -0.39 is 0 Å². The first-order valence-electron chi connectivity index (χ1n) is 7.33. The molecule has 0 aliphatic heterocycles. The number of rotatable bonds is 3. The normalized spacial score (nSPS) is 35.6. The van der Waals surface area contributed by atoms with Crippen molar-refractivity contribution in [3.63, 3.8) is 0 Å². The van der Waals surface area contributed by atoms with Crippen molar-refractivity contribution in [1.82, 2.24) is 0 Å². The summed E-state index contributed by atoms with van der Waals surface area (Å²) >= 11 is 2.25. The van der Waals surface area contributed by atoms with Crippen molar-refractivity contribution in [3.05, 3.63) is 0 Å². The van der Waals surface area contributed by atoms with Crippen LogP contribution in [0.3, 0.4) is 0 Å². The molecule has 17 heavy (non-hydrogen) atoms. The summed E-state index contributed by atoms with van der Waals surface area (Å²) in [7, 11) is 0. The molecule has 2 N–H and O–H groups in total. The van der Waals surface area contributed by atoms with Gasteiger partial charge in [0.2, 0.25) is 0 Å². The lowest BCUT2D eigenvalue weighted by atomic mass is 9.62. The Kier molecular flexibility index (Phi) is 4.14. The van der Waals surface area contributed by atoms with Crippen LogP contribution in [0.5, 0.6) is 0 Å². The highest BCUT2D eigenvalue weighted by atomic mass is 32.2. The van der Waals surface area contributed by atoms with Gasteiger partial charge >= 0.3 is 0 Å². The minimum absolute atomic E-state index is 0.444. The van der Waals surface area contributed by atoms with Crippen LogP contribution >= 0.6 is 11.8 Å². The molecule has 0 aromatic rings. The zero-order valence-corrected chi connectivity index (χ0v) is 12.6. The fourth-order valence-electron chi connectivity index (χ4n) is 3.30. The van der Waals surface area contributed by atoms with Crippen molar-refractivity contribution in [3.8, 4) is 0 Å². The first-order valence-corrected chi connectivity index (χ1v) is 8.21. The van der Waals surface area contributed by atoms with Crippen LogP contribution in [0.4, 0.5) is 0 Å². The Hall–Kier alpha value is 0.310. The van der Waals surface area contributed by atoms with Crippen molar-refractivity contribution >= 4 is 11.8 Å². The lowest BCUT2D eigenvalue weighted by molar-refractivity contribution is 0.101. The van der Waals surface area contributed by atoms with Crippen molar-refractivity contribution in [2.75, 3.05) is 6.54 Å². The first-order chi connectivity index (χ1) is 7.95. The van der Waals surface area contributed by atoms with Crippen molar-refractivity contribution < 1.29 is 0 Å². The van der Waals surface area contributed by atoms with Gasteiger partial charge in [-0.25, -0.2) is 0 Å². The van der Waals surface area contributed by atoms with E-state index in [9.17, 15) is 0 Å². The highest BCUT2D eigenvalue weighted by Gasteiger charge is 2.48. The highest BCUT2D eigenvalue weighted by Crippen LogP contribution is 2.56. The van der Waals surface area contributed by atoms with Crippen LogP contribution in [0.25, 0.3) is 0 Å². The molecule has 0 atom stereocenters. The van der Waals surface area contributed by atoms with E-state index in [2.05, 4.69) is 32.5 Å². The molecule has 100 valence electrons. The summed E-state index contributed by atoms with van der Waals surface area (Å²) < 4.78 is 0.444. The number of nitrogens with two attached hydrogens (primary N) is 1. The third-order valence-electron chi connectivity index (χ3n) is 4.80. The van der Waals surface area contributed by atoms with Crippen LogP contribution < -0.4 is 5.73 Å². The summed E-state index contributed by atoms with van der Waals surface area (Å²) in [6.07, 6.45) is 9.93. The van der Waals surface area contributed by atoms with Gasteiger partial charge in [-0.15, -0.1) is 0 Å². The molecule has 0 aromatic heterocycles. The van der Waals surface area contributed by atoms with Crippen LogP contribution in [0.1, 0.15) is 65.7 Å². The Labute approximate surface area is 111 Å². The fourth-order valence-corrected chi connectivity index (χ4v) is 5.27. The molecular formula is C15H29NS. The molecule has 0 heterocycles. The molecular weight excluding hydrogens is 226 g/mol. The maximum absolute atomic E-state index is 6.07. The van der Waals surface area contributed by atoms with E-state index in [1.165, 1.54) is 44.9 Å². The van der Waals surface area contributed by atoms with Crippen LogP contribution in [0.15, 0.2) is 0 Å². The predicted molar refractivity (Wildman–Crippen MR) is 78.4 cm³/mol. The van der Waals surface area contributed by atoms with E-state index in [1.54, 1.807) is 0 Å². The van der Waals surface area contributed by atoms with E-state index >= 15 is 0 Å². The third kappa shape index (κ3) is 3.20. The van der Waals surface area contributed by atoms with Crippen molar-refractivity contribution in [2.45, 2.75) is 75.7 Å². The van der Waals surface area contributed by atoms with Crippen LogP contribution in [-0.4, -0.2) is 16.5 Å². The van der Waals surface area contributed by atoms with Gasteiger partial charge in [0.15, 0.2) is 0 Å². The van der Waals surface area contributed by atoms with Crippen LogP contribution in [0, 0.1) is 11.3 Å². The molecule has 0 spiro atoms. The Balaban J connectivity index is 1.85. The monoisotopic (exact) mass is 255 g/mol. The average Bonchev–Trinajstić information content (AvgIpc) is 2.23. The van der Waals surface area contributed by atoms with Crippen molar-refractivity contribution in [1.29, 1.82) is 0 Å². The first kappa shape index (κ1) is 13.7. The minimum Gasteiger partial charge on any atom is -0.329 e. The van der Waals surface area contributed by atoms with Gasteiger partial charge < -0.3 is 5.73 Å². The SMILES string of the molecule is CC(C)(C)C1CC(CN)(SC2CCCCC2)C1. The average molecular weight is 255 g/mol. The maximum Gasteiger partial charge on any atom is 0.0290 e. The van der Waals surface area contributed by atoms with E-state index in [1.807, 2.05) is 0 Å². The lowest BCUT2D eigenvalue weighted by Gasteiger charge is -2.53. The summed E-state index contributed by atoms with van der Waals surface area (Å²) in [5, 5.41) is 0.910. The molecule has 2 saturated carbocycles. The molecule has 0 radical (unpaired) electrons. The smallest absolute Gasteiger partial charge is 0.0290 e. The second-order valence-electron chi connectivity index (χ2n) is 7.24. The van der Waals surface area contributed by atoms with E-state index in [4.69, 9.17) is 5.73 Å². The highest BCUT2D eigenvalue weighted by molar-refractivity contribution is 8.01. The van der Waals surface area contributed by atoms with Gasteiger partial charge in [-0.2, -0.15) is 11.8 Å². The Bertz CT molecular complexity index is 244. The number of hydrogen-bond acceptors (Lipinski definition) is 2. The van der Waals surface area contributed by atoms with Gasteiger partial charge in [-0.3, -0.25) is 0 Å². The summed E-state index contributed by atoms with van der Waals surface area (Å²) in [6, 6.07) is 0. The van der Waals surface area contributed by atoms with E-state index in [0.29, 0.717) is 10.2 Å². The Morgan fingerprint density at radius 2 is 1.71 bits per heavy atom. The summed E-state index contributed by atoms with van der Waals surface area (Å²) in [5.41, 5.74) is 6.55. The standard InChI is InChI=1S/C15H29NS/c1-14(2,3)12-9-15(10-12,11-16)17-13-7-5-4-6-8-13/h12-13H,4-11,16H2,1-3H3. The lowest BCUT2D eigenvalue weighted by Crippen LogP contribution is -2.51. The molecule has 0 unspecified atom stereocenters. The fraction of sp³-hybridized carbons (Fsp3) is 1.00. The molecule has 2 aliphatic carbocycles. The Morgan fingerprint density at radius 3 is 2.18 bits per heavy atom. The topological polar surface area (TPSA) is 26.0 Å². The van der Waals surface area contributed by atoms with Gasteiger partial charge in [0.05, 0.1) is 0 Å². The molecule has 0 saturated heterocycles. The van der Waals surface area contributed by atoms with Gasteiger partial charge in [0.1, 0.15) is 0 Å². The molecule has 2 aliphatic rings. The number of thioether (sulfide) groups is 1. The molecule has 2 fully saturated rings. The third-order valence-corrected chi connectivity index (χ3v) is 6.61. The molecule has 0 bridgehead atoms. The molecule has 2 rings (SSSR count). The van der Waals surface area contributed by atoms with Gasteiger partial charge in [-0.1, -0.05) is 40.0 Å². The second-order valence-corrected chi connectivity index (χ2v) is 9.00. The van der Waals surface area contributed by atoms with Crippen molar-refractivity contribution in [2.24, 2.45) is 17.1 Å². The predicted octanol–water partition coefficient (Wildman–Crippen LogP) is 4.21. The summed E-state index contributed by atoms with van der Waals surface area (Å²) in [5.74, 6) is 0.891. The van der Waals surface area contributed by atoms with Crippen LogP contribution in [0.2, 0.25) is 0 Å². The minimum atomic E-state index is 0.444. The molecule has 0 aromatic carbocycles. The molecule has 2 heteroatoms.